The predicted molar refractivity (Wildman–Crippen MR) is 66.3 cm³/mol. The van der Waals surface area contributed by atoms with Gasteiger partial charge in [-0.2, -0.15) is 4.99 Å². The van der Waals surface area contributed by atoms with E-state index in [1.54, 1.807) is 36.4 Å². The minimum Gasteiger partial charge on any atom is -0.508 e. The topological polar surface area (TPSA) is 69.9 Å². The monoisotopic (exact) mass is 241 g/mol. The maximum absolute atomic E-state index is 10.5. The van der Waals surface area contributed by atoms with Crippen LogP contribution in [-0.2, 0) is 10.3 Å². The Balaban J connectivity index is 2.36. The zero-order valence-corrected chi connectivity index (χ0v) is 9.55. The Bertz CT molecular complexity index is 677. The van der Waals surface area contributed by atoms with Crippen LogP contribution in [0.25, 0.3) is 10.8 Å². The van der Waals surface area contributed by atoms with Crippen molar-refractivity contribution in [1.82, 2.24) is 0 Å². The Kier molecular flexibility index (Phi) is 2.15. The lowest BCUT2D eigenvalue weighted by Gasteiger charge is -2.14. The first-order valence-corrected chi connectivity index (χ1v) is 5.70. The van der Waals surface area contributed by atoms with Crippen LogP contribution in [0.3, 0.4) is 0 Å². The first-order valence-electron chi connectivity index (χ1n) is 5.70. The molecule has 0 heterocycles. The van der Waals surface area contributed by atoms with E-state index >= 15 is 0 Å². The lowest BCUT2D eigenvalue weighted by Crippen LogP contribution is -2.03. The molecular formula is C14H11NO3. The summed E-state index contributed by atoms with van der Waals surface area (Å²) in [5.41, 5.74) is -0.0432. The third-order valence-electron chi connectivity index (χ3n) is 3.43. The Morgan fingerprint density at radius 2 is 1.89 bits per heavy atom. The van der Waals surface area contributed by atoms with E-state index in [1.165, 1.54) is 0 Å². The van der Waals surface area contributed by atoms with Crippen LogP contribution in [0.15, 0.2) is 35.3 Å². The molecule has 4 heteroatoms. The van der Waals surface area contributed by atoms with E-state index in [0.29, 0.717) is 18.4 Å². The van der Waals surface area contributed by atoms with E-state index in [1.807, 2.05) is 0 Å². The first kappa shape index (κ1) is 10.8. The fraction of sp³-hybridized carbons (Fsp3) is 0.214. The third kappa shape index (κ3) is 1.47. The molecule has 0 aromatic heterocycles. The summed E-state index contributed by atoms with van der Waals surface area (Å²) in [6.45, 7) is 0. The number of aliphatic imine (C=N–C) groups is 1. The van der Waals surface area contributed by atoms with Crippen LogP contribution in [0.2, 0.25) is 0 Å². The molecule has 2 aromatic rings. The lowest BCUT2D eigenvalue weighted by atomic mass is 9.96. The maximum atomic E-state index is 10.5. The molecule has 0 atom stereocenters. The summed E-state index contributed by atoms with van der Waals surface area (Å²) in [5, 5.41) is 21.2. The minimum absolute atomic E-state index is 0.101. The van der Waals surface area contributed by atoms with Gasteiger partial charge in [-0.15, -0.1) is 0 Å². The van der Waals surface area contributed by atoms with Crippen molar-refractivity contribution < 1.29 is 15.0 Å². The molecular weight excluding hydrogens is 230 g/mol. The SMILES string of the molecule is O=C=NC1(c2c(O)ccc3ccc(O)cc23)CC1. The van der Waals surface area contributed by atoms with Crippen LogP contribution in [-0.4, -0.2) is 16.3 Å². The van der Waals surface area contributed by atoms with Crippen LogP contribution >= 0.6 is 0 Å². The Hall–Kier alpha value is -2.32. The van der Waals surface area contributed by atoms with Crippen molar-refractivity contribution in [2.75, 3.05) is 0 Å². The van der Waals surface area contributed by atoms with E-state index in [2.05, 4.69) is 4.99 Å². The molecule has 0 unspecified atom stereocenters. The number of benzene rings is 2. The van der Waals surface area contributed by atoms with Gasteiger partial charge in [-0.25, -0.2) is 4.79 Å². The summed E-state index contributed by atoms with van der Waals surface area (Å²) in [4.78, 5) is 14.4. The maximum Gasteiger partial charge on any atom is 0.235 e. The molecule has 1 fully saturated rings. The molecule has 1 aliphatic carbocycles. The van der Waals surface area contributed by atoms with E-state index in [4.69, 9.17) is 0 Å². The molecule has 4 nitrogen and oxygen atoms in total. The third-order valence-corrected chi connectivity index (χ3v) is 3.43. The van der Waals surface area contributed by atoms with Crippen LogP contribution in [0.5, 0.6) is 11.5 Å². The molecule has 0 radical (unpaired) electrons. The summed E-state index contributed by atoms with van der Waals surface area (Å²) in [6.07, 6.45) is 3.00. The number of hydrogen-bond acceptors (Lipinski definition) is 4. The summed E-state index contributed by atoms with van der Waals surface area (Å²) < 4.78 is 0. The molecule has 0 bridgehead atoms. The standard InChI is InChI=1S/C14H11NO3/c16-8-15-14(5-6-14)13-11-7-10(17)3-1-9(11)2-4-12(13)18/h1-4,7,17-18H,5-6H2. The summed E-state index contributed by atoms with van der Waals surface area (Å²) in [5.74, 6) is 0.227. The number of carbonyl (C=O) groups excluding carboxylic acids is 1. The minimum atomic E-state index is -0.654. The van der Waals surface area contributed by atoms with Gasteiger partial charge in [0, 0.05) is 5.56 Å². The molecule has 0 amide bonds. The zero-order chi connectivity index (χ0) is 12.8. The lowest BCUT2D eigenvalue weighted by molar-refractivity contribution is 0.461. The van der Waals surface area contributed by atoms with Crippen molar-refractivity contribution in [3.63, 3.8) is 0 Å². The molecule has 3 rings (SSSR count). The van der Waals surface area contributed by atoms with Crippen molar-refractivity contribution in [1.29, 1.82) is 0 Å². The van der Waals surface area contributed by atoms with Crippen molar-refractivity contribution in [3.05, 3.63) is 35.9 Å². The van der Waals surface area contributed by atoms with Gasteiger partial charge in [0.2, 0.25) is 6.08 Å². The van der Waals surface area contributed by atoms with Gasteiger partial charge >= 0.3 is 0 Å². The molecule has 18 heavy (non-hydrogen) atoms. The molecule has 2 N–H and O–H groups in total. The molecule has 0 saturated heterocycles. The number of isocyanates is 1. The molecule has 0 spiro atoms. The van der Waals surface area contributed by atoms with Gasteiger partial charge in [0.1, 0.15) is 17.0 Å². The highest BCUT2D eigenvalue weighted by molar-refractivity contribution is 5.90. The van der Waals surface area contributed by atoms with Gasteiger partial charge in [-0.05, 0) is 41.8 Å². The van der Waals surface area contributed by atoms with Gasteiger partial charge in [-0.1, -0.05) is 12.1 Å². The highest BCUT2D eigenvalue weighted by Crippen LogP contribution is 2.54. The Labute approximate surface area is 103 Å². The van der Waals surface area contributed by atoms with Gasteiger partial charge in [0.15, 0.2) is 0 Å². The van der Waals surface area contributed by atoms with Crippen molar-refractivity contribution in [3.8, 4) is 11.5 Å². The Morgan fingerprint density at radius 3 is 2.56 bits per heavy atom. The normalized spacial score (nSPS) is 16.2. The molecule has 2 aromatic carbocycles. The van der Waals surface area contributed by atoms with E-state index in [-0.39, 0.29) is 11.5 Å². The van der Waals surface area contributed by atoms with E-state index in [0.717, 1.165) is 10.8 Å². The number of aromatic hydroxyl groups is 2. The van der Waals surface area contributed by atoms with E-state index in [9.17, 15) is 15.0 Å². The van der Waals surface area contributed by atoms with Gasteiger partial charge in [-0.3, -0.25) is 0 Å². The van der Waals surface area contributed by atoms with Crippen LogP contribution in [0, 0.1) is 0 Å². The number of phenolic OH excluding ortho intramolecular Hbond substituents is 2. The Morgan fingerprint density at radius 1 is 1.17 bits per heavy atom. The fourth-order valence-corrected chi connectivity index (χ4v) is 2.41. The molecule has 1 saturated carbocycles. The number of nitrogens with zero attached hydrogens (tertiary/aromatic N) is 1. The number of hydrogen-bond donors (Lipinski definition) is 2. The average molecular weight is 241 g/mol. The second-order valence-corrected chi connectivity index (χ2v) is 4.60. The summed E-state index contributed by atoms with van der Waals surface area (Å²) >= 11 is 0. The summed E-state index contributed by atoms with van der Waals surface area (Å²) in [7, 11) is 0. The van der Waals surface area contributed by atoms with E-state index < -0.39 is 5.54 Å². The first-order chi connectivity index (χ1) is 8.66. The number of fused-ring (bicyclic) bond motifs is 1. The highest BCUT2D eigenvalue weighted by Gasteiger charge is 2.47. The second kappa shape index (κ2) is 3.59. The highest BCUT2D eigenvalue weighted by atomic mass is 16.3. The van der Waals surface area contributed by atoms with Gasteiger partial charge in [0.25, 0.3) is 0 Å². The van der Waals surface area contributed by atoms with Crippen LogP contribution in [0.1, 0.15) is 18.4 Å². The summed E-state index contributed by atoms with van der Waals surface area (Å²) in [6, 6.07) is 8.31. The van der Waals surface area contributed by atoms with Crippen LogP contribution in [0.4, 0.5) is 0 Å². The largest absolute Gasteiger partial charge is 0.508 e. The quantitative estimate of drug-likeness (QED) is 0.627. The molecule has 1 aliphatic rings. The van der Waals surface area contributed by atoms with Crippen molar-refractivity contribution in [2.24, 2.45) is 4.99 Å². The van der Waals surface area contributed by atoms with Crippen molar-refractivity contribution in [2.45, 2.75) is 18.4 Å². The van der Waals surface area contributed by atoms with Crippen LogP contribution < -0.4 is 0 Å². The second-order valence-electron chi connectivity index (χ2n) is 4.60. The molecule has 90 valence electrons. The zero-order valence-electron chi connectivity index (χ0n) is 9.55. The van der Waals surface area contributed by atoms with Gasteiger partial charge in [0.05, 0.1) is 0 Å². The molecule has 0 aliphatic heterocycles. The predicted octanol–water partition coefficient (Wildman–Crippen LogP) is 2.58. The average Bonchev–Trinajstić information content (AvgIpc) is 3.09. The number of phenols is 2. The number of rotatable bonds is 2. The van der Waals surface area contributed by atoms with Gasteiger partial charge < -0.3 is 10.2 Å². The smallest absolute Gasteiger partial charge is 0.235 e. The van der Waals surface area contributed by atoms with Crippen molar-refractivity contribution >= 4 is 16.9 Å². The fourth-order valence-electron chi connectivity index (χ4n) is 2.41.